The van der Waals surface area contributed by atoms with Gasteiger partial charge in [0.15, 0.2) is 0 Å². The Morgan fingerprint density at radius 1 is 1.07 bits per heavy atom. The molecule has 1 aromatic carbocycles. The van der Waals surface area contributed by atoms with E-state index >= 15 is 0 Å². The highest BCUT2D eigenvalue weighted by atomic mass is 35.5. The molecule has 1 fully saturated rings. The van der Waals surface area contributed by atoms with Crippen LogP contribution in [0.15, 0.2) is 72.8 Å². The summed E-state index contributed by atoms with van der Waals surface area (Å²) in [4.78, 5) is 33.5. The number of allylic oxidation sites excluding steroid dienone is 1. The minimum absolute atomic E-state index is 0.0905. The van der Waals surface area contributed by atoms with Crippen molar-refractivity contribution in [2.75, 3.05) is 11.9 Å². The van der Waals surface area contributed by atoms with Crippen LogP contribution < -0.4 is 5.32 Å². The summed E-state index contributed by atoms with van der Waals surface area (Å²) >= 11 is 6.38. The Bertz CT molecular complexity index is 1750. The quantitative estimate of drug-likeness (QED) is 0.339. The van der Waals surface area contributed by atoms with Crippen LogP contribution in [0.5, 0.6) is 0 Å². The minimum Gasteiger partial charge on any atom is -0.330 e. The van der Waals surface area contributed by atoms with Gasteiger partial charge in [0.2, 0.25) is 5.91 Å². The van der Waals surface area contributed by atoms with E-state index in [1.54, 1.807) is 41.6 Å². The summed E-state index contributed by atoms with van der Waals surface area (Å²) in [7, 11) is 0. The zero-order chi connectivity index (χ0) is 28.8. The van der Waals surface area contributed by atoms with Crippen LogP contribution in [0.1, 0.15) is 62.4 Å². The van der Waals surface area contributed by atoms with Crippen LogP contribution in [0.25, 0.3) is 22.5 Å². The van der Waals surface area contributed by atoms with Crippen LogP contribution in [0.3, 0.4) is 0 Å². The molecule has 3 aromatic heterocycles. The van der Waals surface area contributed by atoms with Crippen molar-refractivity contribution in [2.24, 2.45) is 0 Å². The molecule has 1 unspecified atom stereocenters. The standard InChI is InChI=1S/C31H29ClN8O2/c1-19-3-2-4-28(25-15-21(9-11-33-25)30-26(36-31(19)42)18-35-40(30)23-6-7-23)38-13-10-20(16-29(38)41)24-17-22(32)5-8-27(24)39-14-12-34-37-39/h3,5,8-9,11-12,14-18,23,28H,2,4,6-7,10,13H2,1H3,(H,36,42)/b19-3-. The molecule has 3 aliphatic rings. The Kier molecular flexibility index (Phi) is 6.70. The lowest BCUT2D eigenvalue weighted by Crippen LogP contribution is -2.37. The lowest BCUT2D eigenvalue weighted by atomic mass is 9.94. The number of halogens is 1. The number of pyridine rings is 1. The van der Waals surface area contributed by atoms with Crippen LogP contribution in [-0.2, 0) is 9.59 Å². The van der Waals surface area contributed by atoms with Crippen LogP contribution in [0, 0.1) is 0 Å². The number of benzene rings is 1. The number of fused-ring (bicyclic) bond motifs is 4. The van der Waals surface area contributed by atoms with E-state index in [9.17, 15) is 9.59 Å². The first-order chi connectivity index (χ1) is 20.5. The average molecular weight is 581 g/mol. The average Bonchev–Trinajstić information content (AvgIpc) is 3.52. The van der Waals surface area contributed by atoms with Crippen LogP contribution in [0.4, 0.5) is 5.69 Å². The van der Waals surface area contributed by atoms with Gasteiger partial charge in [-0.3, -0.25) is 19.3 Å². The third-order valence-electron chi connectivity index (χ3n) is 8.13. The van der Waals surface area contributed by atoms with E-state index in [1.807, 2.05) is 46.8 Å². The topological polar surface area (TPSA) is 111 Å². The first kappa shape index (κ1) is 26.3. The highest BCUT2D eigenvalue weighted by Crippen LogP contribution is 2.42. The Balaban J connectivity index is 1.27. The van der Waals surface area contributed by atoms with Gasteiger partial charge in [0.05, 0.1) is 53.4 Å². The van der Waals surface area contributed by atoms with Gasteiger partial charge >= 0.3 is 0 Å². The Labute approximate surface area is 247 Å². The summed E-state index contributed by atoms with van der Waals surface area (Å²) in [5.41, 5.74) is 6.47. The van der Waals surface area contributed by atoms with Crippen molar-refractivity contribution in [1.29, 1.82) is 0 Å². The third kappa shape index (κ3) is 4.92. The van der Waals surface area contributed by atoms with E-state index < -0.39 is 0 Å². The van der Waals surface area contributed by atoms with Crippen LogP contribution in [-0.4, -0.2) is 53.0 Å². The highest BCUT2D eigenvalue weighted by molar-refractivity contribution is 6.30. The third-order valence-corrected chi connectivity index (χ3v) is 8.37. The molecule has 5 heterocycles. The molecule has 2 amide bonds. The molecule has 1 N–H and O–H groups in total. The Morgan fingerprint density at radius 2 is 1.95 bits per heavy atom. The first-order valence-corrected chi connectivity index (χ1v) is 14.5. The number of carbonyl (C=O) groups excluding carboxylic acids is 2. The number of anilines is 1. The zero-order valence-electron chi connectivity index (χ0n) is 23.1. The largest absolute Gasteiger partial charge is 0.330 e. The number of aromatic nitrogens is 6. The van der Waals surface area contributed by atoms with Crippen LogP contribution >= 0.6 is 11.6 Å². The lowest BCUT2D eigenvalue weighted by molar-refractivity contribution is -0.129. The molecule has 0 spiro atoms. The molecule has 42 heavy (non-hydrogen) atoms. The molecule has 1 aliphatic carbocycles. The van der Waals surface area contributed by atoms with Gasteiger partial charge in [-0.2, -0.15) is 5.10 Å². The second-order valence-electron chi connectivity index (χ2n) is 10.9. The van der Waals surface area contributed by atoms with Crippen molar-refractivity contribution in [3.63, 3.8) is 0 Å². The fourth-order valence-corrected chi connectivity index (χ4v) is 6.00. The smallest absolute Gasteiger partial charge is 0.251 e. The Hall–Kier alpha value is -4.57. The zero-order valence-corrected chi connectivity index (χ0v) is 23.8. The summed E-state index contributed by atoms with van der Waals surface area (Å²) in [5.74, 6) is -0.239. The second kappa shape index (κ2) is 10.7. The summed E-state index contributed by atoms with van der Waals surface area (Å²) < 4.78 is 3.68. The minimum atomic E-state index is -0.267. The van der Waals surface area contributed by atoms with Crippen molar-refractivity contribution < 1.29 is 9.59 Å². The Morgan fingerprint density at radius 3 is 2.74 bits per heavy atom. The molecule has 0 radical (unpaired) electrons. The predicted octanol–water partition coefficient (Wildman–Crippen LogP) is 5.55. The maximum atomic E-state index is 13.8. The molecule has 1 atom stereocenters. The number of carbonyl (C=O) groups is 2. The number of hydrogen-bond donors (Lipinski definition) is 1. The first-order valence-electron chi connectivity index (χ1n) is 14.2. The van der Waals surface area contributed by atoms with Gasteiger partial charge in [0.1, 0.15) is 0 Å². The maximum absolute atomic E-state index is 13.8. The fraction of sp³-hybridized carbons (Fsp3) is 0.290. The van der Waals surface area contributed by atoms with Gasteiger partial charge in [0, 0.05) is 40.5 Å². The van der Waals surface area contributed by atoms with Gasteiger partial charge in [-0.05, 0) is 74.9 Å². The summed E-state index contributed by atoms with van der Waals surface area (Å²) in [6.07, 6.45) is 14.5. The molecule has 4 aromatic rings. The summed E-state index contributed by atoms with van der Waals surface area (Å²) in [6.45, 7) is 2.33. The van der Waals surface area contributed by atoms with E-state index in [4.69, 9.17) is 16.6 Å². The lowest BCUT2D eigenvalue weighted by Gasteiger charge is -2.34. The maximum Gasteiger partial charge on any atom is 0.251 e. The molecule has 11 heteroatoms. The molecule has 212 valence electrons. The fourth-order valence-electron chi connectivity index (χ4n) is 5.83. The summed E-state index contributed by atoms with van der Waals surface area (Å²) in [5, 5.41) is 16.3. The second-order valence-corrected chi connectivity index (χ2v) is 11.4. The number of nitrogens with zero attached hydrogens (tertiary/aromatic N) is 7. The number of amides is 2. The molecule has 2 aliphatic heterocycles. The molecule has 0 saturated heterocycles. The van der Waals surface area contributed by atoms with Crippen molar-refractivity contribution >= 4 is 34.7 Å². The van der Waals surface area contributed by atoms with Gasteiger partial charge < -0.3 is 10.2 Å². The molecule has 2 bridgehead atoms. The van der Waals surface area contributed by atoms with Gasteiger partial charge in [0.25, 0.3) is 5.91 Å². The highest BCUT2D eigenvalue weighted by Gasteiger charge is 2.32. The molecule has 10 nitrogen and oxygen atoms in total. The van der Waals surface area contributed by atoms with Crippen molar-refractivity contribution in [1.82, 2.24) is 34.7 Å². The van der Waals surface area contributed by atoms with Gasteiger partial charge in [-0.1, -0.05) is 22.9 Å². The van der Waals surface area contributed by atoms with Crippen molar-refractivity contribution in [3.8, 4) is 16.9 Å². The number of hydrogen-bond acceptors (Lipinski definition) is 6. The van der Waals surface area contributed by atoms with Crippen molar-refractivity contribution in [2.45, 2.75) is 51.1 Å². The van der Waals surface area contributed by atoms with E-state index in [0.717, 1.165) is 46.6 Å². The van der Waals surface area contributed by atoms with Crippen molar-refractivity contribution in [3.05, 3.63) is 89.1 Å². The van der Waals surface area contributed by atoms with E-state index in [1.165, 1.54) is 0 Å². The number of rotatable bonds is 4. The van der Waals surface area contributed by atoms with Crippen LogP contribution in [0.2, 0.25) is 5.02 Å². The monoisotopic (exact) mass is 580 g/mol. The molecular weight excluding hydrogens is 552 g/mol. The normalized spacial score (nSPS) is 20.5. The number of nitrogens with one attached hydrogen (secondary N) is 1. The SMILES string of the molecule is C/C1=C/CCC(N2CCC(c3cc(Cl)ccc3-n3ccnn3)=CC2=O)c2cc(ccn2)-c2c(cnn2C2CC2)NC1=O. The molecule has 1 saturated carbocycles. The van der Waals surface area contributed by atoms with Gasteiger partial charge in [-0.25, -0.2) is 4.68 Å². The van der Waals surface area contributed by atoms with Gasteiger partial charge in [-0.15, -0.1) is 5.10 Å². The van der Waals surface area contributed by atoms with E-state index in [0.29, 0.717) is 48.1 Å². The molecule has 7 rings (SSSR count). The van der Waals surface area contributed by atoms with E-state index in [-0.39, 0.29) is 17.9 Å². The summed E-state index contributed by atoms with van der Waals surface area (Å²) in [6, 6.07) is 9.60. The predicted molar refractivity (Wildman–Crippen MR) is 159 cm³/mol. The van der Waals surface area contributed by atoms with E-state index in [2.05, 4.69) is 20.7 Å². The molecular formula is C31H29ClN8O2.